The van der Waals surface area contributed by atoms with Crippen molar-refractivity contribution >= 4 is 38.3 Å². The summed E-state index contributed by atoms with van der Waals surface area (Å²) < 4.78 is 6.16. The number of benzene rings is 2. The van der Waals surface area contributed by atoms with E-state index in [1.807, 2.05) is 30.3 Å². The zero-order valence-electron chi connectivity index (χ0n) is 11.4. The Balaban J connectivity index is 1.86. The fraction of sp³-hybridized carbons (Fsp3) is 0.412. The van der Waals surface area contributed by atoms with Gasteiger partial charge in [0.2, 0.25) is 0 Å². The highest BCUT2D eigenvalue weighted by Gasteiger charge is 2.33. The number of halogens is 2. The van der Waals surface area contributed by atoms with Crippen LogP contribution in [0.15, 0.2) is 36.4 Å². The van der Waals surface area contributed by atoms with Crippen molar-refractivity contribution in [2.24, 2.45) is 5.41 Å². The Bertz CT molecular complexity index is 605. The molecule has 3 heteroatoms. The molecule has 2 aromatic rings. The first-order chi connectivity index (χ1) is 9.74. The number of hydrogen-bond donors (Lipinski definition) is 0. The van der Waals surface area contributed by atoms with E-state index in [-0.39, 0.29) is 0 Å². The van der Waals surface area contributed by atoms with E-state index in [1.54, 1.807) is 0 Å². The zero-order valence-corrected chi connectivity index (χ0v) is 13.7. The second-order valence-electron chi connectivity index (χ2n) is 5.72. The van der Waals surface area contributed by atoms with E-state index in [0.29, 0.717) is 5.41 Å². The number of ether oxygens (including phenoxy) is 1. The van der Waals surface area contributed by atoms with Crippen molar-refractivity contribution in [2.45, 2.75) is 25.7 Å². The molecule has 1 fully saturated rings. The first-order valence-electron chi connectivity index (χ1n) is 7.10. The van der Waals surface area contributed by atoms with E-state index >= 15 is 0 Å². The molecule has 106 valence electrons. The average Bonchev–Trinajstić information content (AvgIpc) is 2.96. The van der Waals surface area contributed by atoms with Crippen molar-refractivity contribution in [3.63, 3.8) is 0 Å². The van der Waals surface area contributed by atoms with Gasteiger partial charge in [-0.05, 0) is 25.0 Å². The summed E-state index contributed by atoms with van der Waals surface area (Å²) in [5.41, 5.74) is 0.306. The predicted octanol–water partition coefficient (Wildman–Crippen LogP) is 5.83. The summed E-state index contributed by atoms with van der Waals surface area (Å²) in [6.07, 6.45) is 5.14. The van der Waals surface area contributed by atoms with Crippen LogP contribution < -0.4 is 4.74 Å². The van der Waals surface area contributed by atoms with Crippen LogP contribution in [0.4, 0.5) is 0 Å². The van der Waals surface area contributed by atoms with Crippen molar-refractivity contribution in [1.29, 1.82) is 0 Å². The van der Waals surface area contributed by atoms with Crippen LogP contribution in [0.25, 0.3) is 10.8 Å². The van der Waals surface area contributed by atoms with Crippen molar-refractivity contribution in [3.05, 3.63) is 41.4 Å². The molecule has 0 heterocycles. The molecule has 2 aromatic carbocycles. The van der Waals surface area contributed by atoms with Crippen LogP contribution in [-0.4, -0.2) is 11.9 Å². The van der Waals surface area contributed by atoms with E-state index in [0.717, 1.165) is 33.5 Å². The molecular weight excluding hydrogens is 336 g/mol. The van der Waals surface area contributed by atoms with Gasteiger partial charge in [-0.2, -0.15) is 0 Å². The summed E-state index contributed by atoms with van der Waals surface area (Å²) >= 11 is 9.92. The van der Waals surface area contributed by atoms with Crippen molar-refractivity contribution in [1.82, 2.24) is 0 Å². The van der Waals surface area contributed by atoms with Crippen LogP contribution in [-0.2, 0) is 0 Å². The topological polar surface area (TPSA) is 9.23 Å². The molecule has 0 N–H and O–H groups in total. The van der Waals surface area contributed by atoms with Gasteiger partial charge in [-0.3, -0.25) is 0 Å². The highest BCUT2D eigenvalue weighted by molar-refractivity contribution is 9.09. The molecular formula is C17H18BrClO. The second kappa shape index (κ2) is 5.95. The molecule has 0 spiro atoms. The highest BCUT2D eigenvalue weighted by atomic mass is 79.9. The number of hydrogen-bond acceptors (Lipinski definition) is 1. The molecule has 1 aliphatic rings. The minimum atomic E-state index is 0.306. The standard InChI is InChI=1S/C17H18BrClO/c18-11-17(9-3-4-10-17)12-20-16-8-7-15(19)13-5-1-2-6-14(13)16/h1-2,5-8H,3-4,9-12H2. The number of rotatable bonds is 4. The van der Waals surface area contributed by atoms with Crippen LogP contribution >= 0.6 is 27.5 Å². The highest BCUT2D eigenvalue weighted by Crippen LogP contribution is 2.41. The smallest absolute Gasteiger partial charge is 0.127 e. The number of fused-ring (bicyclic) bond motifs is 1. The van der Waals surface area contributed by atoms with Gasteiger partial charge in [-0.15, -0.1) is 0 Å². The van der Waals surface area contributed by atoms with Gasteiger partial charge in [0.25, 0.3) is 0 Å². The van der Waals surface area contributed by atoms with Crippen LogP contribution in [0.1, 0.15) is 25.7 Å². The van der Waals surface area contributed by atoms with Gasteiger partial charge in [0.15, 0.2) is 0 Å². The average molecular weight is 354 g/mol. The molecule has 3 rings (SSSR count). The minimum Gasteiger partial charge on any atom is -0.492 e. The largest absolute Gasteiger partial charge is 0.492 e. The third-order valence-corrected chi connectivity index (χ3v) is 5.83. The third kappa shape index (κ3) is 2.68. The van der Waals surface area contributed by atoms with Crippen LogP contribution in [0.5, 0.6) is 5.75 Å². The fourth-order valence-electron chi connectivity index (χ4n) is 3.03. The molecule has 0 amide bonds. The molecule has 0 unspecified atom stereocenters. The van der Waals surface area contributed by atoms with Gasteiger partial charge in [-0.25, -0.2) is 0 Å². The summed E-state index contributed by atoms with van der Waals surface area (Å²) in [6.45, 7) is 0.782. The van der Waals surface area contributed by atoms with Gasteiger partial charge >= 0.3 is 0 Å². The summed E-state index contributed by atoms with van der Waals surface area (Å²) in [4.78, 5) is 0. The Morgan fingerprint density at radius 1 is 1.05 bits per heavy atom. The Labute approximate surface area is 133 Å². The van der Waals surface area contributed by atoms with Crippen LogP contribution in [0.3, 0.4) is 0 Å². The predicted molar refractivity (Wildman–Crippen MR) is 89.1 cm³/mol. The van der Waals surface area contributed by atoms with Gasteiger partial charge < -0.3 is 4.74 Å². The molecule has 1 saturated carbocycles. The summed E-state index contributed by atoms with van der Waals surface area (Å²) in [7, 11) is 0. The molecule has 1 aliphatic carbocycles. The molecule has 0 radical (unpaired) electrons. The fourth-order valence-corrected chi connectivity index (χ4v) is 3.98. The lowest BCUT2D eigenvalue weighted by Gasteiger charge is -2.26. The van der Waals surface area contributed by atoms with Gasteiger partial charge in [-0.1, -0.05) is 64.6 Å². The maximum Gasteiger partial charge on any atom is 0.127 e. The SMILES string of the molecule is Clc1ccc(OCC2(CBr)CCCC2)c2ccccc12. The Morgan fingerprint density at radius 3 is 2.45 bits per heavy atom. The Morgan fingerprint density at radius 2 is 1.75 bits per heavy atom. The third-order valence-electron chi connectivity index (χ3n) is 4.31. The Hall–Kier alpha value is -0.730. The second-order valence-corrected chi connectivity index (χ2v) is 6.69. The lowest BCUT2D eigenvalue weighted by Crippen LogP contribution is -2.27. The first-order valence-corrected chi connectivity index (χ1v) is 8.60. The summed E-state index contributed by atoms with van der Waals surface area (Å²) in [5.74, 6) is 0.942. The van der Waals surface area contributed by atoms with E-state index in [1.165, 1.54) is 25.7 Å². The van der Waals surface area contributed by atoms with E-state index in [4.69, 9.17) is 16.3 Å². The monoisotopic (exact) mass is 352 g/mol. The molecule has 0 aromatic heterocycles. The maximum absolute atomic E-state index is 6.25. The lowest BCUT2D eigenvalue weighted by atomic mass is 9.90. The van der Waals surface area contributed by atoms with E-state index < -0.39 is 0 Å². The lowest BCUT2D eigenvalue weighted by molar-refractivity contribution is 0.175. The zero-order chi connectivity index (χ0) is 14.0. The maximum atomic E-state index is 6.25. The molecule has 0 atom stereocenters. The van der Waals surface area contributed by atoms with Crippen molar-refractivity contribution < 1.29 is 4.74 Å². The Kier molecular flexibility index (Phi) is 4.23. The normalized spacial score (nSPS) is 17.5. The molecule has 0 bridgehead atoms. The molecule has 1 nitrogen and oxygen atoms in total. The van der Waals surface area contributed by atoms with Crippen LogP contribution in [0, 0.1) is 5.41 Å². The quantitative estimate of drug-likeness (QED) is 0.629. The number of alkyl halides is 1. The molecule has 0 saturated heterocycles. The summed E-state index contributed by atoms with van der Waals surface area (Å²) in [6, 6.07) is 12.1. The van der Waals surface area contributed by atoms with Crippen LogP contribution in [0.2, 0.25) is 5.02 Å². The minimum absolute atomic E-state index is 0.306. The van der Waals surface area contributed by atoms with Gasteiger partial charge in [0.1, 0.15) is 5.75 Å². The van der Waals surface area contributed by atoms with E-state index in [2.05, 4.69) is 22.0 Å². The van der Waals surface area contributed by atoms with Crippen molar-refractivity contribution in [3.8, 4) is 5.75 Å². The molecule has 0 aliphatic heterocycles. The van der Waals surface area contributed by atoms with E-state index in [9.17, 15) is 0 Å². The van der Waals surface area contributed by atoms with Gasteiger partial charge in [0.05, 0.1) is 6.61 Å². The summed E-state index contributed by atoms with van der Waals surface area (Å²) in [5, 5.41) is 3.96. The molecule has 20 heavy (non-hydrogen) atoms. The van der Waals surface area contributed by atoms with Crippen molar-refractivity contribution in [2.75, 3.05) is 11.9 Å². The first kappa shape index (κ1) is 14.2. The van der Waals surface area contributed by atoms with Gasteiger partial charge in [0, 0.05) is 26.5 Å².